The van der Waals surface area contributed by atoms with Crippen molar-refractivity contribution in [2.75, 3.05) is 25.6 Å². The normalized spacial score (nSPS) is 11.6. The third-order valence-electron chi connectivity index (χ3n) is 2.76. The number of nitrogens with one attached hydrogen (secondary N) is 1. The third-order valence-corrected chi connectivity index (χ3v) is 2.76. The number of methoxy groups -OCH3 is 1. The molecule has 7 nitrogen and oxygen atoms in total. The first-order valence-corrected chi connectivity index (χ1v) is 6.25. The zero-order valence-corrected chi connectivity index (χ0v) is 12.2. The van der Waals surface area contributed by atoms with Gasteiger partial charge in [-0.15, -0.1) is 0 Å². The van der Waals surface area contributed by atoms with E-state index in [1.807, 2.05) is 0 Å². The van der Waals surface area contributed by atoms with Crippen molar-refractivity contribution in [3.8, 4) is 5.88 Å². The Kier molecular flexibility index (Phi) is 6.35. The van der Waals surface area contributed by atoms with Crippen LogP contribution in [-0.4, -0.2) is 42.3 Å². The second-order valence-electron chi connectivity index (χ2n) is 4.24. The molecule has 0 spiro atoms. The molecule has 0 aliphatic heterocycles. The summed E-state index contributed by atoms with van der Waals surface area (Å²) in [5.41, 5.74) is 0.597. The number of carbonyl (C=O) groups excluding carboxylic acids is 1. The Balaban J connectivity index is 2.65. The van der Waals surface area contributed by atoms with Crippen LogP contribution in [0.4, 0.5) is 5.69 Å². The highest BCUT2D eigenvalue weighted by Gasteiger charge is 2.12. The Morgan fingerprint density at radius 2 is 1.95 bits per heavy atom. The summed E-state index contributed by atoms with van der Waals surface area (Å²) in [4.78, 5) is 26.7. The predicted octanol–water partition coefficient (Wildman–Crippen LogP) is 1.47. The van der Waals surface area contributed by atoms with Crippen LogP contribution in [0.15, 0.2) is 29.5 Å². The summed E-state index contributed by atoms with van der Waals surface area (Å²) in [7, 11) is 1.57. The Morgan fingerprint density at radius 3 is 2.48 bits per heavy atom. The van der Waals surface area contributed by atoms with Gasteiger partial charge in [0.2, 0.25) is 5.88 Å². The molecule has 0 saturated carbocycles. The van der Waals surface area contributed by atoms with Gasteiger partial charge in [0.15, 0.2) is 0 Å². The number of pyridine rings is 1. The maximum atomic E-state index is 11.8. The van der Waals surface area contributed by atoms with Crippen LogP contribution in [0.3, 0.4) is 0 Å². The molecule has 0 aromatic carbocycles. The monoisotopic (exact) mass is 294 g/mol. The van der Waals surface area contributed by atoms with Gasteiger partial charge >= 0.3 is 5.97 Å². The number of rotatable bonds is 7. The molecule has 21 heavy (non-hydrogen) atoms. The predicted molar refractivity (Wildman–Crippen MR) is 76.2 cm³/mol. The first kappa shape index (κ1) is 16.6. The van der Waals surface area contributed by atoms with Crippen molar-refractivity contribution in [2.45, 2.75) is 13.8 Å². The summed E-state index contributed by atoms with van der Waals surface area (Å²) >= 11 is 0. The zero-order valence-electron chi connectivity index (χ0n) is 12.2. The van der Waals surface area contributed by atoms with E-state index in [-0.39, 0.29) is 11.1 Å². The molecule has 114 valence electrons. The summed E-state index contributed by atoms with van der Waals surface area (Å²) < 4.78 is 10.1. The number of carbonyl (C=O) groups is 2. The lowest BCUT2D eigenvalue weighted by Crippen LogP contribution is -2.16. The van der Waals surface area contributed by atoms with Gasteiger partial charge < -0.3 is 19.9 Å². The van der Waals surface area contributed by atoms with Crippen LogP contribution < -0.4 is 10.1 Å². The fraction of sp³-hybridized carbons (Fsp3) is 0.357. The highest BCUT2D eigenvalue weighted by molar-refractivity contribution is 6.07. The van der Waals surface area contributed by atoms with Crippen molar-refractivity contribution in [1.29, 1.82) is 0 Å². The Morgan fingerprint density at radius 1 is 1.24 bits per heavy atom. The maximum Gasteiger partial charge on any atom is 0.331 e. The van der Waals surface area contributed by atoms with Crippen molar-refractivity contribution < 1.29 is 24.2 Å². The van der Waals surface area contributed by atoms with E-state index in [1.165, 1.54) is 20.0 Å². The van der Waals surface area contributed by atoms with Crippen molar-refractivity contribution in [1.82, 2.24) is 4.98 Å². The topological polar surface area (TPSA) is 97.8 Å². The molecule has 0 bridgehead atoms. The second kappa shape index (κ2) is 8.01. The molecular weight excluding hydrogens is 276 g/mol. The fourth-order valence-corrected chi connectivity index (χ4v) is 1.32. The van der Waals surface area contributed by atoms with Gasteiger partial charge in [-0.25, -0.2) is 9.78 Å². The van der Waals surface area contributed by atoms with Crippen LogP contribution in [0.2, 0.25) is 0 Å². The summed E-state index contributed by atoms with van der Waals surface area (Å²) in [6.07, 6.45) is 1.43. The molecule has 0 saturated heterocycles. The van der Waals surface area contributed by atoms with Crippen LogP contribution in [0.5, 0.6) is 5.88 Å². The highest BCUT2D eigenvalue weighted by Crippen LogP contribution is 2.13. The molecule has 7 heteroatoms. The van der Waals surface area contributed by atoms with Gasteiger partial charge in [0, 0.05) is 24.3 Å². The number of carboxylic acids is 1. The Hall–Kier alpha value is -2.41. The van der Waals surface area contributed by atoms with Crippen LogP contribution >= 0.6 is 0 Å². The molecule has 1 aromatic heterocycles. The standard InChI is InChI=1S/C14H18N2O5/c1-9(10(2)14(18)19)13(17)16-11-4-5-12(15-8-11)21-7-6-20-3/h4-5,8H,6-7H2,1-3H3,(H,16,17)(H,18,19). The van der Waals surface area contributed by atoms with Crippen LogP contribution in [0.25, 0.3) is 0 Å². The molecular formula is C14H18N2O5. The summed E-state index contributed by atoms with van der Waals surface area (Å²) in [5.74, 6) is -1.19. The summed E-state index contributed by atoms with van der Waals surface area (Å²) in [6.45, 7) is 3.67. The van der Waals surface area contributed by atoms with Gasteiger partial charge in [0.1, 0.15) is 6.61 Å². The average Bonchev–Trinajstić information content (AvgIpc) is 2.47. The van der Waals surface area contributed by atoms with E-state index in [4.69, 9.17) is 14.6 Å². The van der Waals surface area contributed by atoms with Gasteiger partial charge in [-0.2, -0.15) is 0 Å². The number of hydrogen-bond acceptors (Lipinski definition) is 5. The number of nitrogens with zero attached hydrogens (tertiary/aromatic N) is 1. The van der Waals surface area contributed by atoms with Gasteiger partial charge in [-0.3, -0.25) is 4.79 Å². The molecule has 0 radical (unpaired) electrons. The molecule has 0 unspecified atom stereocenters. The quantitative estimate of drug-likeness (QED) is 0.583. The minimum atomic E-state index is -1.12. The van der Waals surface area contributed by atoms with Gasteiger partial charge in [-0.1, -0.05) is 0 Å². The van der Waals surface area contributed by atoms with Crippen LogP contribution in [0.1, 0.15) is 13.8 Å². The summed E-state index contributed by atoms with van der Waals surface area (Å²) in [6, 6.07) is 3.23. The molecule has 1 aromatic rings. The molecule has 1 heterocycles. The lowest BCUT2D eigenvalue weighted by Gasteiger charge is -2.08. The minimum absolute atomic E-state index is 0.0000201. The first-order valence-electron chi connectivity index (χ1n) is 6.25. The minimum Gasteiger partial charge on any atom is -0.478 e. The van der Waals surface area contributed by atoms with E-state index in [1.54, 1.807) is 19.2 Å². The lowest BCUT2D eigenvalue weighted by atomic mass is 10.1. The van der Waals surface area contributed by atoms with E-state index in [0.29, 0.717) is 24.8 Å². The number of hydrogen-bond donors (Lipinski definition) is 2. The summed E-state index contributed by atoms with van der Waals surface area (Å²) in [5, 5.41) is 11.4. The SMILES string of the molecule is COCCOc1ccc(NC(=O)C(C)=C(C)C(=O)O)cn1. The van der Waals surface area contributed by atoms with Crippen molar-refractivity contribution >= 4 is 17.6 Å². The number of anilines is 1. The molecule has 0 aliphatic carbocycles. The maximum absolute atomic E-state index is 11.8. The first-order chi connectivity index (χ1) is 9.95. The molecule has 0 atom stereocenters. The number of amides is 1. The van der Waals surface area contributed by atoms with Gasteiger partial charge in [0.25, 0.3) is 5.91 Å². The van der Waals surface area contributed by atoms with E-state index in [9.17, 15) is 9.59 Å². The molecule has 1 rings (SSSR count). The van der Waals surface area contributed by atoms with Crippen molar-refractivity contribution in [3.05, 3.63) is 29.5 Å². The second-order valence-corrected chi connectivity index (χ2v) is 4.24. The lowest BCUT2D eigenvalue weighted by molar-refractivity contribution is -0.133. The largest absolute Gasteiger partial charge is 0.478 e. The fourth-order valence-electron chi connectivity index (χ4n) is 1.32. The molecule has 0 aliphatic rings. The number of aliphatic carboxylic acids is 1. The van der Waals surface area contributed by atoms with Crippen LogP contribution in [-0.2, 0) is 14.3 Å². The van der Waals surface area contributed by atoms with Gasteiger partial charge in [0.05, 0.1) is 18.5 Å². The number of ether oxygens (including phenoxy) is 2. The molecule has 0 fully saturated rings. The van der Waals surface area contributed by atoms with E-state index < -0.39 is 11.9 Å². The van der Waals surface area contributed by atoms with E-state index in [0.717, 1.165) is 0 Å². The average molecular weight is 294 g/mol. The van der Waals surface area contributed by atoms with E-state index in [2.05, 4.69) is 10.3 Å². The van der Waals surface area contributed by atoms with E-state index >= 15 is 0 Å². The molecule has 2 N–H and O–H groups in total. The third kappa shape index (κ3) is 5.23. The molecule has 1 amide bonds. The van der Waals surface area contributed by atoms with Gasteiger partial charge in [-0.05, 0) is 19.9 Å². The number of carboxylic acid groups (broad SMARTS) is 1. The number of aromatic nitrogens is 1. The smallest absolute Gasteiger partial charge is 0.331 e. The zero-order chi connectivity index (χ0) is 15.8. The van der Waals surface area contributed by atoms with Crippen LogP contribution in [0, 0.1) is 0 Å². The van der Waals surface area contributed by atoms with Crippen molar-refractivity contribution in [2.24, 2.45) is 0 Å². The highest BCUT2D eigenvalue weighted by atomic mass is 16.5. The Labute approximate surface area is 122 Å². The Bertz CT molecular complexity index is 537. The van der Waals surface area contributed by atoms with Crippen molar-refractivity contribution in [3.63, 3.8) is 0 Å².